The number of amides is 2. The highest BCUT2D eigenvalue weighted by Crippen LogP contribution is 2.25. The standard InChI is InChI=1S/C23H25N3O3S/c1-16-5-11-20(12-6-16)29-13-3-4-22(28)26-23-25-21(15-30-23)19-9-7-18(8-10-19)14-24-17(2)27/h5-12,15H,3-4,13-14H2,1-2H3,(H,24,27)(H,25,26,28). The van der Waals surface area contributed by atoms with Crippen molar-refractivity contribution in [2.75, 3.05) is 11.9 Å². The van der Waals surface area contributed by atoms with Gasteiger partial charge < -0.3 is 15.4 Å². The SMILES string of the molecule is CC(=O)NCc1ccc(-c2csc(NC(=O)CCCOc3ccc(C)cc3)n2)cc1. The van der Waals surface area contributed by atoms with Crippen LogP contribution in [0.3, 0.4) is 0 Å². The zero-order chi connectivity index (χ0) is 21.3. The number of ether oxygens (including phenoxy) is 1. The summed E-state index contributed by atoms with van der Waals surface area (Å²) in [5.41, 5.74) is 3.98. The highest BCUT2D eigenvalue weighted by molar-refractivity contribution is 7.14. The molecule has 2 aromatic carbocycles. The van der Waals surface area contributed by atoms with Crippen LogP contribution in [-0.2, 0) is 16.1 Å². The predicted molar refractivity (Wildman–Crippen MR) is 120 cm³/mol. The molecule has 1 heterocycles. The molecule has 2 amide bonds. The van der Waals surface area contributed by atoms with Crippen molar-refractivity contribution in [1.29, 1.82) is 0 Å². The highest BCUT2D eigenvalue weighted by atomic mass is 32.1. The number of anilines is 1. The Bertz CT molecular complexity index is 982. The summed E-state index contributed by atoms with van der Waals surface area (Å²) in [4.78, 5) is 27.6. The number of hydrogen-bond donors (Lipinski definition) is 2. The van der Waals surface area contributed by atoms with E-state index in [4.69, 9.17) is 4.74 Å². The minimum absolute atomic E-state index is 0.0549. The Morgan fingerprint density at radius 1 is 1.07 bits per heavy atom. The van der Waals surface area contributed by atoms with Crippen molar-refractivity contribution in [3.63, 3.8) is 0 Å². The van der Waals surface area contributed by atoms with Crippen LogP contribution in [0.1, 0.15) is 30.9 Å². The van der Waals surface area contributed by atoms with Gasteiger partial charge in [-0.1, -0.05) is 42.0 Å². The van der Waals surface area contributed by atoms with E-state index in [1.807, 2.05) is 60.8 Å². The van der Waals surface area contributed by atoms with E-state index in [1.54, 1.807) is 0 Å². The van der Waals surface area contributed by atoms with Gasteiger partial charge in [0.1, 0.15) is 5.75 Å². The van der Waals surface area contributed by atoms with E-state index in [2.05, 4.69) is 15.6 Å². The molecule has 0 spiro atoms. The molecule has 0 unspecified atom stereocenters. The molecule has 2 N–H and O–H groups in total. The van der Waals surface area contributed by atoms with Crippen molar-refractivity contribution < 1.29 is 14.3 Å². The highest BCUT2D eigenvalue weighted by Gasteiger charge is 2.08. The zero-order valence-corrected chi connectivity index (χ0v) is 17.9. The lowest BCUT2D eigenvalue weighted by Crippen LogP contribution is -2.18. The molecule has 3 rings (SSSR count). The van der Waals surface area contributed by atoms with Crippen LogP contribution < -0.4 is 15.4 Å². The number of hydrogen-bond acceptors (Lipinski definition) is 5. The Morgan fingerprint density at radius 3 is 2.50 bits per heavy atom. The molecule has 0 radical (unpaired) electrons. The molecule has 0 saturated carbocycles. The van der Waals surface area contributed by atoms with Gasteiger partial charge in [-0.05, 0) is 31.0 Å². The molecular formula is C23H25N3O3S. The van der Waals surface area contributed by atoms with Crippen molar-refractivity contribution in [3.05, 3.63) is 65.0 Å². The maximum atomic E-state index is 12.2. The number of benzene rings is 2. The fraction of sp³-hybridized carbons (Fsp3) is 0.261. The van der Waals surface area contributed by atoms with Crippen molar-refractivity contribution in [2.45, 2.75) is 33.2 Å². The smallest absolute Gasteiger partial charge is 0.226 e. The molecule has 30 heavy (non-hydrogen) atoms. The van der Waals surface area contributed by atoms with E-state index in [0.29, 0.717) is 31.1 Å². The van der Waals surface area contributed by atoms with Gasteiger partial charge in [-0.2, -0.15) is 0 Å². The lowest BCUT2D eigenvalue weighted by Gasteiger charge is -2.06. The Labute approximate surface area is 180 Å². The van der Waals surface area contributed by atoms with Crippen LogP contribution in [0.15, 0.2) is 53.9 Å². The molecule has 0 saturated heterocycles. The maximum Gasteiger partial charge on any atom is 0.226 e. The summed E-state index contributed by atoms with van der Waals surface area (Å²) in [6.45, 7) is 4.52. The van der Waals surface area contributed by atoms with Crippen LogP contribution in [0.4, 0.5) is 5.13 Å². The average molecular weight is 424 g/mol. The number of carbonyl (C=O) groups is 2. The monoisotopic (exact) mass is 423 g/mol. The molecule has 6 nitrogen and oxygen atoms in total. The number of aryl methyl sites for hydroxylation is 1. The molecule has 3 aromatic rings. The Morgan fingerprint density at radius 2 is 1.80 bits per heavy atom. The number of nitrogens with one attached hydrogen (secondary N) is 2. The molecule has 0 aliphatic rings. The summed E-state index contributed by atoms with van der Waals surface area (Å²) in [6, 6.07) is 15.7. The van der Waals surface area contributed by atoms with Crippen LogP contribution in [0.2, 0.25) is 0 Å². The van der Waals surface area contributed by atoms with Crippen LogP contribution in [0.25, 0.3) is 11.3 Å². The summed E-state index contributed by atoms with van der Waals surface area (Å²) < 4.78 is 5.65. The quantitative estimate of drug-likeness (QED) is 0.495. The van der Waals surface area contributed by atoms with E-state index in [9.17, 15) is 9.59 Å². The molecule has 156 valence electrons. The van der Waals surface area contributed by atoms with Crippen molar-refractivity contribution in [3.8, 4) is 17.0 Å². The van der Waals surface area contributed by atoms with Crippen LogP contribution >= 0.6 is 11.3 Å². The normalized spacial score (nSPS) is 10.5. The number of nitrogens with zero attached hydrogens (tertiary/aromatic N) is 1. The van der Waals surface area contributed by atoms with E-state index in [1.165, 1.54) is 23.8 Å². The minimum atomic E-state index is -0.0749. The summed E-state index contributed by atoms with van der Waals surface area (Å²) >= 11 is 1.40. The molecule has 7 heteroatoms. The van der Waals surface area contributed by atoms with E-state index in [-0.39, 0.29) is 11.8 Å². The van der Waals surface area contributed by atoms with Gasteiger partial charge in [0.15, 0.2) is 5.13 Å². The second-order valence-corrected chi connectivity index (χ2v) is 7.82. The van der Waals surface area contributed by atoms with Gasteiger partial charge in [0.2, 0.25) is 11.8 Å². The van der Waals surface area contributed by atoms with Crippen molar-refractivity contribution in [2.24, 2.45) is 0 Å². The van der Waals surface area contributed by atoms with E-state index >= 15 is 0 Å². The first-order valence-electron chi connectivity index (χ1n) is 9.78. The molecule has 1 aromatic heterocycles. The van der Waals surface area contributed by atoms with Gasteiger partial charge in [-0.25, -0.2) is 4.98 Å². The predicted octanol–water partition coefficient (Wildman–Crippen LogP) is 4.55. The largest absolute Gasteiger partial charge is 0.494 e. The summed E-state index contributed by atoms with van der Waals surface area (Å²) in [5.74, 6) is 0.684. The molecule has 0 aliphatic carbocycles. The van der Waals surface area contributed by atoms with Gasteiger partial charge in [0.05, 0.1) is 12.3 Å². The van der Waals surface area contributed by atoms with Crippen molar-refractivity contribution in [1.82, 2.24) is 10.3 Å². The topological polar surface area (TPSA) is 80.3 Å². The van der Waals surface area contributed by atoms with Crippen LogP contribution in [-0.4, -0.2) is 23.4 Å². The second-order valence-electron chi connectivity index (χ2n) is 6.96. The van der Waals surface area contributed by atoms with Gasteiger partial charge in [0.25, 0.3) is 0 Å². The number of aromatic nitrogens is 1. The average Bonchev–Trinajstić information content (AvgIpc) is 3.19. The first kappa shape index (κ1) is 21.5. The first-order chi connectivity index (χ1) is 14.5. The molecule has 0 aliphatic heterocycles. The number of rotatable bonds is 9. The van der Waals surface area contributed by atoms with Crippen LogP contribution in [0.5, 0.6) is 5.75 Å². The number of carbonyl (C=O) groups excluding carboxylic acids is 2. The summed E-state index contributed by atoms with van der Waals surface area (Å²) in [7, 11) is 0. The van der Waals surface area contributed by atoms with Gasteiger partial charge in [-0.15, -0.1) is 11.3 Å². The van der Waals surface area contributed by atoms with Crippen LogP contribution in [0, 0.1) is 6.92 Å². The minimum Gasteiger partial charge on any atom is -0.494 e. The molecule has 0 atom stereocenters. The molecular weight excluding hydrogens is 398 g/mol. The third-order valence-corrected chi connectivity index (χ3v) is 5.14. The Balaban J connectivity index is 1.43. The lowest BCUT2D eigenvalue weighted by molar-refractivity contribution is -0.119. The fourth-order valence-electron chi connectivity index (χ4n) is 2.72. The maximum absolute atomic E-state index is 12.2. The fourth-order valence-corrected chi connectivity index (χ4v) is 3.46. The van der Waals surface area contributed by atoms with Crippen molar-refractivity contribution >= 4 is 28.3 Å². The zero-order valence-electron chi connectivity index (χ0n) is 17.1. The van der Waals surface area contributed by atoms with Gasteiger partial charge in [-0.3, -0.25) is 9.59 Å². The molecule has 0 fully saturated rings. The lowest BCUT2D eigenvalue weighted by atomic mass is 10.1. The van der Waals surface area contributed by atoms with Gasteiger partial charge in [0, 0.05) is 30.8 Å². The first-order valence-corrected chi connectivity index (χ1v) is 10.7. The summed E-state index contributed by atoms with van der Waals surface area (Å²) in [6.07, 6.45) is 1.01. The second kappa shape index (κ2) is 10.5. The van der Waals surface area contributed by atoms with Gasteiger partial charge >= 0.3 is 0 Å². The Hall–Kier alpha value is -3.19. The van der Waals surface area contributed by atoms with E-state index in [0.717, 1.165) is 22.6 Å². The summed E-state index contributed by atoms with van der Waals surface area (Å²) in [5, 5.41) is 8.11. The van der Waals surface area contributed by atoms with E-state index < -0.39 is 0 Å². The molecule has 0 bridgehead atoms. The third kappa shape index (κ3) is 6.70. The third-order valence-electron chi connectivity index (χ3n) is 4.38. The number of thiazole rings is 1. The Kier molecular flexibility index (Phi) is 7.57.